The molecule has 4 N–H and O–H groups in total. The number of rotatable bonds is 13. The van der Waals surface area contributed by atoms with E-state index in [1.807, 2.05) is 37.4 Å². The topological polar surface area (TPSA) is 126 Å². The van der Waals surface area contributed by atoms with Gasteiger partial charge in [0.15, 0.2) is 0 Å². The molecular weight excluding hydrogens is 497 g/mol. The van der Waals surface area contributed by atoms with Crippen molar-refractivity contribution in [3.8, 4) is 0 Å². The van der Waals surface area contributed by atoms with Crippen molar-refractivity contribution in [2.24, 2.45) is 5.92 Å². The molecule has 0 saturated heterocycles. The minimum Gasteiger partial charge on any atom is -0.468 e. The number of unbranched alkanes of at least 4 members (excludes halogenated alkanes) is 1. The highest BCUT2D eigenvalue weighted by molar-refractivity contribution is 6.25. The number of amides is 2. The molecule has 0 radical (unpaired) electrons. The van der Waals surface area contributed by atoms with Crippen LogP contribution in [0.3, 0.4) is 0 Å². The second-order valence-electron chi connectivity index (χ2n) is 8.48. The molecule has 1 aliphatic carbocycles. The standard InChI is InChI=1S/C24H35Cl2N3O6/c1-27-10-6-7-11-35-22-17(25)13-16(21(31)20(22)26)23(32)29-18(12-15-8-4-3-5-9-15)24(33)28-14-19(30)34-2/h3-5,8-9,16-18,20-22,27,31H,6-7,10-14H2,1-2H3,(H,28,33)(H,29,32)/t16?,17?,18-,20?,21?,22?/m0/s1. The number of benzene rings is 1. The summed E-state index contributed by atoms with van der Waals surface area (Å²) in [4.78, 5) is 37.3. The van der Waals surface area contributed by atoms with E-state index in [4.69, 9.17) is 27.9 Å². The molecule has 0 bridgehead atoms. The van der Waals surface area contributed by atoms with E-state index in [2.05, 4.69) is 20.7 Å². The van der Waals surface area contributed by atoms with Crippen LogP contribution in [0.15, 0.2) is 30.3 Å². The minimum atomic E-state index is -1.20. The number of halogens is 2. The molecule has 1 saturated carbocycles. The summed E-state index contributed by atoms with van der Waals surface area (Å²) in [6.07, 6.45) is 0.264. The van der Waals surface area contributed by atoms with E-state index in [0.717, 1.165) is 24.9 Å². The molecule has 1 fully saturated rings. The van der Waals surface area contributed by atoms with E-state index < -0.39 is 52.7 Å². The monoisotopic (exact) mass is 531 g/mol. The van der Waals surface area contributed by atoms with Crippen LogP contribution in [-0.4, -0.2) is 85.7 Å². The Balaban J connectivity index is 2.03. The Hall–Kier alpha value is -1.91. The van der Waals surface area contributed by atoms with E-state index in [1.54, 1.807) is 0 Å². The highest BCUT2D eigenvalue weighted by Gasteiger charge is 2.46. The van der Waals surface area contributed by atoms with Crippen molar-refractivity contribution < 1.29 is 29.0 Å². The molecule has 196 valence electrons. The maximum atomic E-state index is 13.1. The van der Waals surface area contributed by atoms with Crippen molar-refractivity contribution in [2.75, 3.05) is 33.9 Å². The number of hydrogen-bond donors (Lipinski definition) is 4. The first-order valence-corrected chi connectivity index (χ1v) is 12.6. The van der Waals surface area contributed by atoms with Gasteiger partial charge in [0.25, 0.3) is 0 Å². The van der Waals surface area contributed by atoms with Gasteiger partial charge in [-0.05, 0) is 38.4 Å². The van der Waals surface area contributed by atoms with Gasteiger partial charge in [-0.3, -0.25) is 14.4 Å². The number of ether oxygens (including phenoxy) is 2. The van der Waals surface area contributed by atoms with Crippen LogP contribution >= 0.6 is 23.2 Å². The molecule has 1 aliphatic rings. The summed E-state index contributed by atoms with van der Waals surface area (Å²) in [6.45, 7) is 0.982. The summed E-state index contributed by atoms with van der Waals surface area (Å²) in [6, 6.07) is 8.15. The fourth-order valence-corrected chi connectivity index (χ4v) is 4.83. The lowest BCUT2D eigenvalue weighted by Crippen LogP contribution is -2.57. The van der Waals surface area contributed by atoms with Crippen molar-refractivity contribution in [1.29, 1.82) is 0 Å². The van der Waals surface area contributed by atoms with E-state index in [9.17, 15) is 19.5 Å². The number of esters is 1. The molecule has 2 amide bonds. The van der Waals surface area contributed by atoms with Crippen molar-refractivity contribution in [3.05, 3.63) is 35.9 Å². The van der Waals surface area contributed by atoms with Crippen LogP contribution in [0.2, 0.25) is 0 Å². The van der Waals surface area contributed by atoms with E-state index >= 15 is 0 Å². The molecule has 6 atom stereocenters. The second-order valence-corrected chi connectivity index (χ2v) is 9.55. The first-order chi connectivity index (χ1) is 16.8. The zero-order valence-electron chi connectivity index (χ0n) is 20.0. The second kappa shape index (κ2) is 15.3. The zero-order valence-corrected chi connectivity index (χ0v) is 21.6. The number of alkyl halides is 2. The first-order valence-electron chi connectivity index (χ1n) is 11.7. The number of methoxy groups -OCH3 is 1. The third-order valence-electron chi connectivity index (χ3n) is 5.91. The maximum Gasteiger partial charge on any atom is 0.325 e. The molecule has 1 aromatic rings. The molecule has 0 heterocycles. The van der Waals surface area contributed by atoms with Crippen molar-refractivity contribution in [3.63, 3.8) is 0 Å². The van der Waals surface area contributed by atoms with E-state index in [-0.39, 0.29) is 19.4 Å². The number of aliphatic hydroxyl groups excluding tert-OH is 1. The average Bonchev–Trinajstić information content (AvgIpc) is 2.86. The van der Waals surface area contributed by atoms with Crippen LogP contribution in [0, 0.1) is 5.92 Å². The van der Waals surface area contributed by atoms with Crippen LogP contribution in [-0.2, 0) is 30.3 Å². The lowest BCUT2D eigenvalue weighted by molar-refractivity contribution is -0.141. The normalized spacial score (nSPS) is 24.9. The molecule has 0 aliphatic heterocycles. The number of aliphatic hydroxyl groups is 1. The molecular formula is C24H35Cl2N3O6. The van der Waals surface area contributed by atoms with Crippen LogP contribution in [0.1, 0.15) is 24.8 Å². The molecule has 2 rings (SSSR count). The van der Waals surface area contributed by atoms with Gasteiger partial charge >= 0.3 is 5.97 Å². The van der Waals surface area contributed by atoms with Crippen LogP contribution in [0.5, 0.6) is 0 Å². The smallest absolute Gasteiger partial charge is 0.325 e. The van der Waals surface area contributed by atoms with Gasteiger partial charge in [-0.2, -0.15) is 0 Å². The molecule has 11 heteroatoms. The predicted octanol–water partition coefficient (Wildman–Crippen LogP) is 0.984. The van der Waals surface area contributed by atoms with Crippen LogP contribution in [0.4, 0.5) is 0 Å². The van der Waals surface area contributed by atoms with E-state index in [1.165, 1.54) is 7.11 Å². The number of nitrogens with one attached hydrogen (secondary N) is 3. The molecule has 35 heavy (non-hydrogen) atoms. The first kappa shape index (κ1) is 29.3. The molecule has 1 aromatic carbocycles. The minimum absolute atomic E-state index is 0.140. The molecule has 5 unspecified atom stereocenters. The van der Waals surface area contributed by atoms with E-state index in [0.29, 0.717) is 6.61 Å². The fourth-order valence-electron chi connectivity index (χ4n) is 3.91. The van der Waals surface area contributed by atoms with Crippen molar-refractivity contribution >= 4 is 41.0 Å². The highest BCUT2D eigenvalue weighted by Crippen LogP contribution is 2.34. The summed E-state index contributed by atoms with van der Waals surface area (Å²) >= 11 is 13.0. The van der Waals surface area contributed by atoms with Gasteiger partial charge in [-0.25, -0.2) is 0 Å². The highest BCUT2D eigenvalue weighted by atomic mass is 35.5. The lowest BCUT2D eigenvalue weighted by atomic mass is 9.83. The summed E-state index contributed by atoms with van der Waals surface area (Å²) in [5.41, 5.74) is 0.812. The predicted molar refractivity (Wildman–Crippen MR) is 133 cm³/mol. The van der Waals surface area contributed by atoms with Crippen LogP contribution in [0.25, 0.3) is 0 Å². The molecule has 9 nitrogen and oxygen atoms in total. The van der Waals surface area contributed by atoms with Gasteiger partial charge in [0.2, 0.25) is 11.8 Å². The van der Waals surface area contributed by atoms with Gasteiger partial charge in [-0.1, -0.05) is 30.3 Å². The quantitative estimate of drug-likeness (QED) is 0.170. The Bertz CT molecular complexity index is 816. The molecule has 0 aromatic heterocycles. The van der Waals surface area contributed by atoms with Gasteiger partial charge in [-0.15, -0.1) is 23.2 Å². The number of carbonyl (C=O) groups excluding carboxylic acids is 3. The molecule has 0 spiro atoms. The SMILES string of the molecule is CNCCCCOC1C(Cl)CC(C(=O)N[C@@H](Cc2ccccc2)C(=O)NCC(=O)OC)C(O)C1Cl. The summed E-state index contributed by atoms with van der Waals surface area (Å²) < 4.78 is 10.4. The summed E-state index contributed by atoms with van der Waals surface area (Å²) in [5, 5.41) is 17.5. The third-order valence-corrected chi connectivity index (χ3v) is 6.84. The Labute approximate surface area is 216 Å². The van der Waals surface area contributed by atoms with Gasteiger partial charge in [0.1, 0.15) is 12.6 Å². The third kappa shape index (κ3) is 9.24. The Morgan fingerprint density at radius 3 is 2.54 bits per heavy atom. The van der Waals surface area contributed by atoms with Crippen LogP contribution < -0.4 is 16.0 Å². The Morgan fingerprint density at radius 1 is 1.17 bits per heavy atom. The fraction of sp³-hybridized carbons (Fsp3) is 0.625. The number of carbonyl (C=O) groups is 3. The van der Waals surface area contributed by atoms with Crippen molar-refractivity contribution in [2.45, 2.75) is 54.7 Å². The van der Waals surface area contributed by atoms with Gasteiger partial charge in [0.05, 0.1) is 36.0 Å². The Kier molecular flexibility index (Phi) is 12.8. The zero-order chi connectivity index (χ0) is 25.8. The maximum absolute atomic E-state index is 13.1. The largest absolute Gasteiger partial charge is 0.468 e. The lowest BCUT2D eigenvalue weighted by Gasteiger charge is -2.39. The summed E-state index contributed by atoms with van der Waals surface area (Å²) in [5.74, 6) is -2.63. The number of hydrogen-bond acceptors (Lipinski definition) is 7. The summed E-state index contributed by atoms with van der Waals surface area (Å²) in [7, 11) is 3.09. The average molecular weight is 532 g/mol. The Morgan fingerprint density at radius 2 is 1.89 bits per heavy atom. The van der Waals surface area contributed by atoms with Crippen molar-refractivity contribution in [1.82, 2.24) is 16.0 Å². The van der Waals surface area contributed by atoms with Gasteiger partial charge in [0, 0.05) is 13.0 Å². The van der Waals surface area contributed by atoms with Gasteiger partial charge < -0.3 is 30.5 Å².